The van der Waals surface area contributed by atoms with Crippen molar-refractivity contribution < 1.29 is 9.72 Å². The molecule has 0 unspecified atom stereocenters. The Hall–Kier alpha value is -3.23. The average molecular weight is 344 g/mol. The maximum absolute atomic E-state index is 12.0. The SMILES string of the molecule is CCNc1cc(C)nc(NCCNC(=O)c2cccc([N+](=O)[O-])c2)n1. The molecule has 9 heteroatoms. The number of non-ortho nitro benzene ring substituents is 1. The van der Waals surface area contributed by atoms with Crippen LogP contribution in [0.1, 0.15) is 23.0 Å². The number of nitrogens with zero attached hydrogens (tertiary/aromatic N) is 3. The number of aromatic nitrogens is 2. The molecule has 25 heavy (non-hydrogen) atoms. The van der Waals surface area contributed by atoms with Gasteiger partial charge in [-0.1, -0.05) is 6.07 Å². The summed E-state index contributed by atoms with van der Waals surface area (Å²) in [7, 11) is 0. The monoisotopic (exact) mass is 344 g/mol. The molecule has 0 saturated carbocycles. The van der Waals surface area contributed by atoms with E-state index in [0.717, 1.165) is 18.1 Å². The zero-order chi connectivity index (χ0) is 18.2. The van der Waals surface area contributed by atoms with Crippen molar-refractivity contribution >= 4 is 23.4 Å². The summed E-state index contributed by atoms with van der Waals surface area (Å²) in [6.45, 7) is 5.37. The number of amides is 1. The molecule has 1 aromatic heterocycles. The summed E-state index contributed by atoms with van der Waals surface area (Å²) in [6.07, 6.45) is 0. The molecular formula is C16H20N6O3. The Balaban J connectivity index is 1.86. The molecule has 0 saturated heterocycles. The van der Waals surface area contributed by atoms with Gasteiger partial charge in [-0.2, -0.15) is 4.98 Å². The third-order valence-corrected chi connectivity index (χ3v) is 3.22. The molecule has 9 nitrogen and oxygen atoms in total. The summed E-state index contributed by atoms with van der Waals surface area (Å²) in [5.41, 5.74) is 0.958. The topological polar surface area (TPSA) is 122 Å². The highest BCUT2D eigenvalue weighted by Gasteiger charge is 2.11. The van der Waals surface area contributed by atoms with Crippen LogP contribution in [0.25, 0.3) is 0 Å². The van der Waals surface area contributed by atoms with Crippen LogP contribution in [-0.2, 0) is 0 Å². The summed E-state index contributed by atoms with van der Waals surface area (Å²) in [5.74, 6) is 0.836. The van der Waals surface area contributed by atoms with Crippen molar-refractivity contribution in [3.8, 4) is 0 Å². The van der Waals surface area contributed by atoms with Gasteiger partial charge in [0.05, 0.1) is 4.92 Å². The van der Waals surface area contributed by atoms with E-state index in [0.29, 0.717) is 19.0 Å². The van der Waals surface area contributed by atoms with Gasteiger partial charge in [-0.05, 0) is 19.9 Å². The van der Waals surface area contributed by atoms with Gasteiger partial charge in [0.15, 0.2) is 0 Å². The molecule has 0 atom stereocenters. The van der Waals surface area contributed by atoms with E-state index < -0.39 is 4.92 Å². The molecule has 1 heterocycles. The lowest BCUT2D eigenvalue weighted by molar-refractivity contribution is -0.384. The van der Waals surface area contributed by atoms with Crippen molar-refractivity contribution in [3.05, 3.63) is 51.7 Å². The zero-order valence-electron chi connectivity index (χ0n) is 14.1. The number of nitro groups is 1. The van der Waals surface area contributed by atoms with Crippen molar-refractivity contribution in [1.82, 2.24) is 15.3 Å². The summed E-state index contributed by atoms with van der Waals surface area (Å²) in [5, 5.41) is 19.6. The Morgan fingerprint density at radius 3 is 2.72 bits per heavy atom. The lowest BCUT2D eigenvalue weighted by Gasteiger charge is -2.09. The zero-order valence-corrected chi connectivity index (χ0v) is 14.1. The van der Waals surface area contributed by atoms with Crippen LogP contribution in [0, 0.1) is 17.0 Å². The second-order valence-electron chi connectivity index (χ2n) is 5.24. The molecule has 132 valence electrons. The van der Waals surface area contributed by atoms with Crippen LogP contribution in [0.5, 0.6) is 0 Å². The van der Waals surface area contributed by atoms with E-state index in [9.17, 15) is 14.9 Å². The Bertz CT molecular complexity index is 765. The standard InChI is InChI=1S/C16H20N6O3/c1-3-17-14-9-11(2)20-16(21-14)19-8-7-18-15(23)12-5-4-6-13(10-12)22(24)25/h4-6,9-10H,3,7-8H2,1-2H3,(H,18,23)(H2,17,19,20,21). The van der Waals surface area contributed by atoms with E-state index in [1.807, 2.05) is 19.9 Å². The van der Waals surface area contributed by atoms with E-state index in [1.165, 1.54) is 24.3 Å². The summed E-state index contributed by atoms with van der Waals surface area (Å²) in [4.78, 5) is 30.8. The van der Waals surface area contributed by atoms with Gasteiger partial charge in [0, 0.05) is 49.1 Å². The normalized spacial score (nSPS) is 10.2. The van der Waals surface area contributed by atoms with Crippen LogP contribution in [0.4, 0.5) is 17.5 Å². The molecule has 0 bridgehead atoms. The number of carbonyl (C=O) groups excluding carboxylic acids is 1. The quantitative estimate of drug-likeness (QED) is 0.380. The molecule has 1 aromatic carbocycles. The number of carbonyl (C=O) groups is 1. The van der Waals surface area contributed by atoms with Gasteiger partial charge in [-0.3, -0.25) is 14.9 Å². The highest BCUT2D eigenvalue weighted by molar-refractivity contribution is 5.94. The lowest BCUT2D eigenvalue weighted by atomic mass is 10.2. The van der Waals surface area contributed by atoms with Crippen molar-refractivity contribution in [3.63, 3.8) is 0 Å². The third kappa shape index (κ3) is 5.41. The maximum atomic E-state index is 12.0. The minimum atomic E-state index is -0.532. The number of hydrogen-bond acceptors (Lipinski definition) is 7. The minimum Gasteiger partial charge on any atom is -0.370 e. The first-order chi connectivity index (χ1) is 12.0. The van der Waals surface area contributed by atoms with E-state index in [4.69, 9.17) is 0 Å². The Labute approximate surface area is 145 Å². The van der Waals surface area contributed by atoms with Gasteiger partial charge in [0.1, 0.15) is 5.82 Å². The number of aryl methyl sites for hydroxylation is 1. The van der Waals surface area contributed by atoms with Crippen LogP contribution in [0.2, 0.25) is 0 Å². The summed E-state index contributed by atoms with van der Waals surface area (Å²) in [6, 6.07) is 7.44. The predicted octanol–water partition coefficient (Wildman–Crippen LogP) is 1.97. The van der Waals surface area contributed by atoms with Crippen molar-refractivity contribution in [2.45, 2.75) is 13.8 Å². The predicted molar refractivity (Wildman–Crippen MR) is 94.9 cm³/mol. The fourth-order valence-electron chi connectivity index (χ4n) is 2.13. The smallest absolute Gasteiger partial charge is 0.270 e. The Kier molecular flexibility index (Phi) is 6.21. The van der Waals surface area contributed by atoms with Crippen LogP contribution in [0.15, 0.2) is 30.3 Å². The van der Waals surface area contributed by atoms with E-state index in [1.54, 1.807) is 0 Å². The number of rotatable bonds is 8. The molecule has 3 N–H and O–H groups in total. The van der Waals surface area contributed by atoms with Crippen molar-refractivity contribution in [2.24, 2.45) is 0 Å². The van der Waals surface area contributed by atoms with Crippen LogP contribution in [0.3, 0.4) is 0 Å². The maximum Gasteiger partial charge on any atom is 0.270 e. The first kappa shape index (κ1) is 18.1. The number of nitrogens with one attached hydrogen (secondary N) is 3. The summed E-state index contributed by atoms with van der Waals surface area (Å²) >= 11 is 0. The Morgan fingerprint density at radius 2 is 2.00 bits per heavy atom. The fraction of sp³-hybridized carbons (Fsp3) is 0.312. The molecule has 2 aromatic rings. The second-order valence-corrected chi connectivity index (χ2v) is 5.24. The molecule has 1 amide bonds. The molecule has 0 aliphatic heterocycles. The average Bonchev–Trinajstić information content (AvgIpc) is 2.58. The van der Waals surface area contributed by atoms with Crippen LogP contribution < -0.4 is 16.0 Å². The lowest BCUT2D eigenvalue weighted by Crippen LogP contribution is -2.29. The largest absolute Gasteiger partial charge is 0.370 e. The highest BCUT2D eigenvalue weighted by atomic mass is 16.6. The van der Waals surface area contributed by atoms with Crippen molar-refractivity contribution in [2.75, 3.05) is 30.3 Å². The van der Waals surface area contributed by atoms with Gasteiger partial charge in [-0.25, -0.2) is 4.98 Å². The second kappa shape index (κ2) is 8.57. The fourth-order valence-corrected chi connectivity index (χ4v) is 2.13. The summed E-state index contributed by atoms with van der Waals surface area (Å²) < 4.78 is 0. The number of benzene rings is 1. The van der Waals surface area contributed by atoms with Gasteiger partial charge < -0.3 is 16.0 Å². The first-order valence-corrected chi connectivity index (χ1v) is 7.85. The number of hydrogen-bond donors (Lipinski definition) is 3. The van der Waals surface area contributed by atoms with E-state index in [2.05, 4.69) is 25.9 Å². The molecule has 0 fully saturated rings. The first-order valence-electron chi connectivity index (χ1n) is 7.85. The van der Waals surface area contributed by atoms with Crippen LogP contribution in [-0.4, -0.2) is 40.4 Å². The third-order valence-electron chi connectivity index (χ3n) is 3.22. The molecule has 0 aliphatic rings. The van der Waals surface area contributed by atoms with Crippen molar-refractivity contribution in [1.29, 1.82) is 0 Å². The van der Waals surface area contributed by atoms with Gasteiger partial charge in [0.25, 0.3) is 11.6 Å². The molecular weight excluding hydrogens is 324 g/mol. The van der Waals surface area contributed by atoms with Gasteiger partial charge in [-0.15, -0.1) is 0 Å². The van der Waals surface area contributed by atoms with Gasteiger partial charge in [0.2, 0.25) is 5.95 Å². The number of anilines is 2. The molecule has 0 aliphatic carbocycles. The highest BCUT2D eigenvalue weighted by Crippen LogP contribution is 2.13. The molecule has 2 rings (SSSR count). The Morgan fingerprint density at radius 1 is 1.20 bits per heavy atom. The minimum absolute atomic E-state index is 0.116. The number of nitro benzene ring substituents is 1. The van der Waals surface area contributed by atoms with E-state index in [-0.39, 0.29) is 17.2 Å². The van der Waals surface area contributed by atoms with Crippen LogP contribution >= 0.6 is 0 Å². The van der Waals surface area contributed by atoms with Gasteiger partial charge >= 0.3 is 0 Å². The molecule has 0 radical (unpaired) electrons. The van der Waals surface area contributed by atoms with E-state index >= 15 is 0 Å². The molecule has 0 spiro atoms.